The van der Waals surface area contributed by atoms with Crippen molar-refractivity contribution in [3.05, 3.63) is 85.1 Å². The molecular formula is C48H48F2N18. The first-order valence-corrected chi connectivity index (χ1v) is 23.2. The third kappa shape index (κ3) is 6.48. The Kier molecular flexibility index (Phi) is 9.27. The Balaban J connectivity index is 0.791. The van der Waals surface area contributed by atoms with Crippen LogP contribution >= 0.6 is 0 Å². The van der Waals surface area contributed by atoms with Crippen molar-refractivity contribution in [2.24, 2.45) is 29.4 Å². The first kappa shape index (κ1) is 40.7. The molecule has 4 aliphatic rings. The predicted molar refractivity (Wildman–Crippen MR) is 261 cm³/mol. The van der Waals surface area contributed by atoms with Gasteiger partial charge < -0.3 is 46.8 Å². The van der Waals surface area contributed by atoms with Gasteiger partial charge in [0.25, 0.3) is 0 Å². The first-order chi connectivity index (χ1) is 33.1. The third-order valence-electron chi connectivity index (χ3n) is 15.2. The highest BCUT2D eigenvalue weighted by molar-refractivity contribution is 6.16. The third-order valence-corrected chi connectivity index (χ3v) is 15.2. The molecule has 18 nitrogen and oxygen atoms in total. The molecular weight excluding hydrogens is 867 g/mol. The zero-order valence-corrected chi connectivity index (χ0v) is 37.4. The van der Waals surface area contributed by atoms with Gasteiger partial charge in [-0.15, -0.1) is 0 Å². The van der Waals surface area contributed by atoms with Crippen molar-refractivity contribution in [2.75, 3.05) is 57.9 Å². The average molecular weight is 915 g/mol. The summed E-state index contributed by atoms with van der Waals surface area (Å²) < 4.78 is 31.0. The van der Waals surface area contributed by atoms with Crippen LogP contribution in [-0.2, 0) is 0 Å². The zero-order valence-electron chi connectivity index (χ0n) is 37.4. The maximum absolute atomic E-state index is 15.8. The molecule has 344 valence electrons. The summed E-state index contributed by atoms with van der Waals surface area (Å²) >= 11 is 0. The number of hydrogen-bond acceptors (Lipinski definition) is 16. The number of piperidine rings is 2. The van der Waals surface area contributed by atoms with Crippen LogP contribution in [0.5, 0.6) is 0 Å². The molecule has 2 aliphatic heterocycles. The van der Waals surface area contributed by atoms with Crippen LogP contribution < -0.4 is 42.1 Å². The summed E-state index contributed by atoms with van der Waals surface area (Å²) in [6.07, 6.45) is 10.1. The normalized spacial score (nSPS) is 24.1. The van der Waals surface area contributed by atoms with Crippen LogP contribution in [0.25, 0.3) is 55.0 Å². The Morgan fingerprint density at radius 1 is 0.721 bits per heavy atom. The maximum atomic E-state index is 15.8. The fourth-order valence-electron chi connectivity index (χ4n) is 12.0. The van der Waals surface area contributed by atoms with E-state index in [0.717, 1.165) is 58.5 Å². The molecule has 8 atom stereocenters. The van der Waals surface area contributed by atoms with E-state index in [1.165, 1.54) is 12.1 Å². The molecule has 7 aromatic heterocycles. The molecule has 9 heterocycles. The van der Waals surface area contributed by atoms with Crippen LogP contribution in [0.2, 0.25) is 0 Å². The molecule has 0 amide bonds. The number of nitrogens with one attached hydrogen (secondary N) is 7. The first-order valence-electron chi connectivity index (χ1n) is 23.2. The number of halogens is 2. The highest BCUT2D eigenvalue weighted by Gasteiger charge is 2.52. The van der Waals surface area contributed by atoms with Crippen molar-refractivity contribution in [3.8, 4) is 0 Å². The van der Waals surface area contributed by atoms with Crippen LogP contribution in [0.15, 0.2) is 73.4 Å². The Morgan fingerprint density at radius 2 is 1.37 bits per heavy atom. The van der Waals surface area contributed by atoms with Gasteiger partial charge in [0.1, 0.15) is 40.1 Å². The number of nitrogens with zero attached hydrogens (tertiary/aromatic N) is 10. The standard InChI is InChI=1S/C48H48F2N18/c1-21-29-18-67(36(21)14-31(29)51)45-39-28-10-24(50)12-34(41(28)62-44(39)63-47(65-45)59-25-5-4-6-53-16-25)58-20-57-32-15-37-22(2)30(32)19-68(37)46-38-27-9-23(49)11-33(52-3)40(27)61-43(38)64-48(66-46)60-26-13-35-42(56-17-26)55-8-7-54-35/h4-13,16-17,21-22,29-32,36-37,52,57-58H,14-15,18-20,51H2,1-3H3,(H2,59,62,63,65)(H2,60,61,64,66)/t21-,22-,29+,30+,31-,32-,36+,37?/m1/s1. The number of rotatable bonds is 11. The molecule has 13 rings (SSSR count). The van der Waals surface area contributed by atoms with Gasteiger partial charge in [0, 0.05) is 73.7 Å². The number of fused-ring (bicyclic) bond motifs is 11. The summed E-state index contributed by atoms with van der Waals surface area (Å²) in [4.78, 5) is 49.2. The fraction of sp³-hybridized carbons (Fsp3) is 0.333. The minimum absolute atomic E-state index is 0.127. The van der Waals surface area contributed by atoms with E-state index in [0.29, 0.717) is 93.2 Å². The predicted octanol–water partition coefficient (Wildman–Crippen LogP) is 7.12. The number of benzene rings is 2. The molecule has 4 bridgehead atoms. The lowest BCUT2D eigenvalue weighted by atomic mass is 9.97. The van der Waals surface area contributed by atoms with Crippen LogP contribution in [0.1, 0.15) is 26.7 Å². The van der Waals surface area contributed by atoms with E-state index in [1.807, 2.05) is 18.2 Å². The lowest BCUT2D eigenvalue weighted by Gasteiger charge is -2.33. The Labute approximate surface area is 387 Å². The van der Waals surface area contributed by atoms with Gasteiger partial charge >= 0.3 is 0 Å². The number of aromatic amines is 2. The van der Waals surface area contributed by atoms with E-state index in [9.17, 15) is 0 Å². The van der Waals surface area contributed by atoms with Gasteiger partial charge in [0.05, 0.1) is 63.6 Å². The Morgan fingerprint density at radius 3 is 2.00 bits per heavy atom. The topological polar surface area (TPSA) is 227 Å². The molecule has 2 saturated carbocycles. The number of pyridine rings is 2. The van der Waals surface area contributed by atoms with E-state index < -0.39 is 0 Å². The number of nitrogens with two attached hydrogens (primary N) is 1. The molecule has 68 heavy (non-hydrogen) atoms. The van der Waals surface area contributed by atoms with E-state index in [4.69, 9.17) is 25.7 Å². The van der Waals surface area contributed by atoms with Gasteiger partial charge in [0.2, 0.25) is 11.9 Å². The summed E-state index contributed by atoms with van der Waals surface area (Å²) in [6.45, 7) is 6.45. The molecule has 0 radical (unpaired) electrons. The zero-order chi connectivity index (χ0) is 45.9. The van der Waals surface area contributed by atoms with Crippen molar-refractivity contribution in [1.29, 1.82) is 0 Å². The molecule has 20 heteroatoms. The Hall–Kier alpha value is -7.58. The van der Waals surface area contributed by atoms with Crippen LogP contribution in [0.3, 0.4) is 0 Å². The quantitative estimate of drug-likeness (QED) is 0.0605. The van der Waals surface area contributed by atoms with Gasteiger partial charge in [-0.05, 0) is 79.0 Å². The lowest BCUT2D eigenvalue weighted by Crippen LogP contribution is -2.45. The largest absolute Gasteiger partial charge is 0.386 e. The number of hydrogen-bond donors (Lipinski definition) is 8. The monoisotopic (exact) mass is 914 g/mol. The summed E-state index contributed by atoms with van der Waals surface area (Å²) in [6, 6.07) is 12.4. The van der Waals surface area contributed by atoms with Crippen molar-refractivity contribution in [3.63, 3.8) is 0 Å². The van der Waals surface area contributed by atoms with Gasteiger partial charge in [-0.3, -0.25) is 15.3 Å². The molecule has 1 unspecified atom stereocenters. The second-order valence-corrected chi connectivity index (χ2v) is 18.8. The van der Waals surface area contributed by atoms with E-state index in [1.54, 1.807) is 50.2 Å². The number of anilines is 8. The van der Waals surface area contributed by atoms with Gasteiger partial charge in [-0.25, -0.2) is 18.7 Å². The minimum atomic E-state index is -0.360. The summed E-state index contributed by atoms with van der Waals surface area (Å²) in [5, 5.41) is 20.1. The smallest absolute Gasteiger partial charge is 0.231 e. The van der Waals surface area contributed by atoms with Gasteiger partial charge in [-0.1, -0.05) is 13.8 Å². The number of H-pyrrole nitrogens is 2. The van der Waals surface area contributed by atoms with Crippen LogP contribution in [-0.4, -0.2) is 101 Å². The highest BCUT2D eigenvalue weighted by Crippen LogP contribution is 2.49. The van der Waals surface area contributed by atoms with Crippen molar-refractivity contribution < 1.29 is 8.78 Å². The number of aromatic nitrogens is 10. The lowest BCUT2D eigenvalue weighted by molar-refractivity contribution is 0.375. The van der Waals surface area contributed by atoms with E-state index >= 15 is 8.78 Å². The van der Waals surface area contributed by atoms with E-state index in [-0.39, 0.29) is 41.7 Å². The van der Waals surface area contributed by atoms with Crippen LogP contribution in [0.4, 0.5) is 55.1 Å². The molecule has 9 N–H and O–H groups in total. The Bertz CT molecular complexity index is 3450. The molecule has 9 aromatic rings. The van der Waals surface area contributed by atoms with Gasteiger partial charge in [0.15, 0.2) is 5.65 Å². The van der Waals surface area contributed by atoms with Crippen molar-refractivity contribution in [2.45, 2.75) is 50.9 Å². The maximum Gasteiger partial charge on any atom is 0.231 e. The van der Waals surface area contributed by atoms with E-state index in [2.05, 4.69) is 80.1 Å². The minimum Gasteiger partial charge on any atom is -0.386 e. The summed E-state index contributed by atoms with van der Waals surface area (Å²) in [7, 11) is 1.77. The molecule has 2 aliphatic carbocycles. The molecule has 2 saturated heterocycles. The SMILES string of the molecule is CNc1cc(F)cc2c1[nH]c1nc(Nc3cnc4nccnc4c3)nc(N3C[C@@H]4[C@H](NCNc5cc(F)cc6c5[nH]c5nc(Nc7cccnc7)nc(N7C[C@H]8[C@@H](C)[C@@H]7C[C@H]8N)c56)CC3[C@@H]4C)c12. The van der Waals surface area contributed by atoms with Crippen LogP contribution in [0, 0.1) is 35.3 Å². The molecule has 4 fully saturated rings. The van der Waals surface area contributed by atoms with Crippen molar-refractivity contribution in [1.82, 2.24) is 55.2 Å². The molecule has 2 aromatic carbocycles. The second-order valence-electron chi connectivity index (χ2n) is 18.8. The summed E-state index contributed by atoms with van der Waals surface area (Å²) in [5.74, 6) is 2.90. The summed E-state index contributed by atoms with van der Waals surface area (Å²) in [5.41, 5.74) is 13.1. The molecule has 0 spiro atoms. The average Bonchev–Trinajstić information content (AvgIpc) is 4.18. The fourth-order valence-corrected chi connectivity index (χ4v) is 12.0. The van der Waals surface area contributed by atoms with Crippen molar-refractivity contribution >= 4 is 101 Å². The second kappa shape index (κ2) is 15.5. The highest BCUT2D eigenvalue weighted by atomic mass is 19.1. The van der Waals surface area contributed by atoms with Gasteiger partial charge in [-0.2, -0.15) is 19.9 Å².